The Kier molecular flexibility index (Phi) is 1.98. The average molecular weight is 180 g/mol. The molecule has 0 aliphatic heterocycles. The number of rotatable bonds is 2. The summed E-state index contributed by atoms with van der Waals surface area (Å²) < 4.78 is 14.9. The van der Waals surface area contributed by atoms with Crippen LogP contribution in [0.4, 0.5) is 4.39 Å². The highest BCUT2D eigenvalue weighted by Gasteiger charge is 2.05. The number of para-hydroxylation sites is 1. The van der Waals surface area contributed by atoms with Gasteiger partial charge in [-0.05, 0) is 12.1 Å². The maximum absolute atomic E-state index is 13.3. The molecule has 2 rings (SSSR count). The van der Waals surface area contributed by atoms with Crippen molar-refractivity contribution in [2.75, 3.05) is 6.61 Å². The van der Waals surface area contributed by atoms with Gasteiger partial charge in [0.1, 0.15) is 11.3 Å². The highest BCUT2D eigenvalue weighted by molar-refractivity contribution is 5.75. The van der Waals surface area contributed by atoms with E-state index in [1.807, 2.05) is 0 Å². The first-order chi connectivity index (χ1) is 6.33. The minimum absolute atomic E-state index is 0.0141. The van der Waals surface area contributed by atoms with Crippen LogP contribution in [-0.2, 0) is 6.54 Å². The number of fused-ring (bicyclic) bond motifs is 1. The normalized spacial score (nSPS) is 10.9. The third-order valence-electron chi connectivity index (χ3n) is 1.93. The minimum atomic E-state index is -0.302. The summed E-state index contributed by atoms with van der Waals surface area (Å²) in [5.41, 5.74) is 1.07. The zero-order valence-corrected chi connectivity index (χ0v) is 6.94. The number of hydrogen-bond donors (Lipinski definition) is 1. The van der Waals surface area contributed by atoms with E-state index < -0.39 is 0 Å². The van der Waals surface area contributed by atoms with Crippen molar-refractivity contribution in [2.45, 2.75) is 6.54 Å². The number of nitrogens with zero attached hydrogens (tertiary/aromatic N) is 2. The summed E-state index contributed by atoms with van der Waals surface area (Å²) in [6.45, 7) is 0.358. The van der Waals surface area contributed by atoms with Gasteiger partial charge >= 0.3 is 0 Å². The summed E-state index contributed by atoms with van der Waals surface area (Å²) >= 11 is 0. The van der Waals surface area contributed by atoms with E-state index in [2.05, 4.69) is 4.98 Å². The molecule has 0 spiro atoms. The third-order valence-corrected chi connectivity index (χ3v) is 1.93. The summed E-state index contributed by atoms with van der Waals surface area (Å²) in [6, 6.07) is 4.75. The lowest BCUT2D eigenvalue weighted by Crippen LogP contribution is -2.01. The Hall–Kier alpha value is -1.42. The van der Waals surface area contributed by atoms with E-state index in [1.54, 1.807) is 16.7 Å². The van der Waals surface area contributed by atoms with Crippen LogP contribution < -0.4 is 0 Å². The van der Waals surface area contributed by atoms with Crippen LogP contribution >= 0.6 is 0 Å². The van der Waals surface area contributed by atoms with E-state index in [9.17, 15) is 4.39 Å². The van der Waals surface area contributed by atoms with Crippen LogP contribution in [0.25, 0.3) is 11.0 Å². The van der Waals surface area contributed by atoms with Crippen molar-refractivity contribution < 1.29 is 9.50 Å². The molecular formula is C9H9FN2O. The quantitative estimate of drug-likeness (QED) is 0.753. The lowest BCUT2D eigenvalue weighted by atomic mass is 10.3. The number of benzene rings is 1. The van der Waals surface area contributed by atoms with Crippen LogP contribution in [0.2, 0.25) is 0 Å². The fraction of sp³-hybridized carbons (Fsp3) is 0.222. The monoisotopic (exact) mass is 180 g/mol. The van der Waals surface area contributed by atoms with Crippen molar-refractivity contribution >= 4 is 11.0 Å². The highest BCUT2D eigenvalue weighted by Crippen LogP contribution is 2.15. The first-order valence-corrected chi connectivity index (χ1v) is 4.03. The molecule has 0 atom stereocenters. The zero-order valence-electron chi connectivity index (χ0n) is 6.94. The van der Waals surface area contributed by atoms with Gasteiger partial charge < -0.3 is 9.67 Å². The van der Waals surface area contributed by atoms with Crippen LogP contribution in [0, 0.1) is 5.82 Å². The SMILES string of the molecule is OCCn1cnc2cccc(F)c21. The summed E-state index contributed by atoms with van der Waals surface area (Å²) in [5.74, 6) is -0.302. The Labute approximate surface area is 74.4 Å². The molecule has 1 N–H and O–H groups in total. The Morgan fingerprint density at radius 3 is 3.08 bits per heavy atom. The molecule has 4 heteroatoms. The van der Waals surface area contributed by atoms with E-state index in [4.69, 9.17) is 5.11 Å². The van der Waals surface area contributed by atoms with Crippen LogP contribution in [0.1, 0.15) is 0 Å². The first-order valence-electron chi connectivity index (χ1n) is 4.03. The number of hydrogen-bond acceptors (Lipinski definition) is 2. The largest absolute Gasteiger partial charge is 0.395 e. The Balaban J connectivity index is 2.64. The number of imidazole rings is 1. The number of aliphatic hydroxyl groups excluding tert-OH is 1. The van der Waals surface area contributed by atoms with Crippen LogP contribution in [0.3, 0.4) is 0 Å². The van der Waals surface area contributed by atoms with Crippen LogP contribution in [-0.4, -0.2) is 21.3 Å². The van der Waals surface area contributed by atoms with Crippen molar-refractivity contribution in [3.8, 4) is 0 Å². The van der Waals surface area contributed by atoms with Gasteiger partial charge in [-0.2, -0.15) is 0 Å². The number of halogens is 1. The molecule has 0 saturated heterocycles. The van der Waals surface area contributed by atoms with Crippen molar-refractivity contribution in [2.24, 2.45) is 0 Å². The molecule has 0 aliphatic carbocycles. The number of aliphatic hydroxyl groups is 1. The predicted molar refractivity (Wildman–Crippen MR) is 46.8 cm³/mol. The topological polar surface area (TPSA) is 38.0 Å². The van der Waals surface area contributed by atoms with E-state index in [-0.39, 0.29) is 12.4 Å². The Bertz CT molecular complexity index is 424. The molecule has 0 saturated carbocycles. The van der Waals surface area contributed by atoms with Crippen molar-refractivity contribution in [3.63, 3.8) is 0 Å². The van der Waals surface area contributed by atoms with Gasteiger partial charge in [0.2, 0.25) is 0 Å². The van der Waals surface area contributed by atoms with Gasteiger partial charge in [-0.15, -0.1) is 0 Å². The molecule has 3 nitrogen and oxygen atoms in total. The Morgan fingerprint density at radius 1 is 1.46 bits per heavy atom. The van der Waals surface area contributed by atoms with E-state index in [1.165, 1.54) is 12.4 Å². The first kappa shape index (κ1) is 8.19. The van der Waals surface area contributed by atoms with E-state index in [0.29, 0.717) is 17.6 Å². The lowest BCUT2D eigenvalue weighted by molar-refractivity contribution is 0.277. The molecule has 13 heavy (non-hydrogen) atoms. The van der Waals surface area contributed by atoms with Crippen molar-refractivity contribution in [1.29, 1.82) is 0 Å². The molecule has 0 fully saturated rings. The van der Waals surface area contributed by atoms with E-state index in [0.717, 1.165) is 0 Å². The molecule has 0 radical (unpaired) electrons. The fourth-order valence-corrected chi connectivity index (χ4v) is 1.36. The van der Waals surface area contributed by atoms with Gasteiger partial charge in [0.15, 0.2) is 0 Å². The Morgan fingerprint density at radius 2 is 2.31 bits per heavy atom. The van der Waals surface area contributed by atoms with Gasteiger partial charge in [0, 0.05) is 6.54 Å². The third kappa shape index (κ3) is 1.29. The molecule has 1 aromatic carbocycles. The molecule has 1 aromatic heterocycles. The average Bonchev–Trinajstić information content (AvgIpc) is 2.51. The zero-order chi connectivity index (χ0) is 9.26. The number of aromatic nitrogens is 2. The maximum Gasteiger partial charge on any atom is 0.149 e. The van der Waals surface area contributed by atoms with Crippen LogP contribution in [0.5, 0.6) is 0 Å². The molecule has 0 aliphatic rings. The second kappa shape index (κ2) is 3.14. The lowest BCUT2D eigenvalue weighted by Gasteiger charge is -2.00. The van der Waals surface area contributed by atoms with Crippen LogP contribution in [0.15, 0.2) is 24.5 Å². The smallest absolute Gasteiger partial charge is 0.149 e. The molecule has 0 amide bonds. The summed E-state index contributed by atoms with van der Waals surface area (Å²) in [6.07, 6.45) is 1.53. The fourth-order valence-electron chi connectivity index (χ4n) is 1.36. The highest BCUT2D eigenvalue weighted by atomic mass is 19.1. The van der Waals surface area contributed by atoms with Crippen molar-refractivity contribution in [1.82, 2.24) is 9.55 Å². The predicted octanol–water partition coefficient (Wildman–Crippen LogP) is 1.17. The molecule has 0 unspecified atom stereocenters. The minimum Gasteiger partial charge on any atom is -0.395 e. The van der Waals surface area contributed by atoms with E-state index >= 15 is 0 Å². The second-order valence-corrected chi connectivity index (χ2v) is 2.77. The standard InChI is InChI=1S/C9H9FN2O/c10-7-2-1-3-8-9(7)12(4-5-13)6-11-8/h1-3,6,13H,4-5H2. The molecule has 2 aromatic rings. The summed E-state index contributed by atoms with van der Waals surface area (Å²) in [4.78, 5) is 4.01. The van der Waals surface area contributed by atoms with Gasteiger partial charge in [0.05, 0.1) is 18.5 Å². The molecule has 1 heterocycles. The maximum atomic E-state index is 13.3. The molecular weight excluding hydrogens is 171 g/mol. The summed E-state index contributed by atoms with van der Waals surface area (Å²) in [7, 11) is 0. The second-order valence-electron chi connectivity index (χ2n) is 2.77. The molecule has 0 bridgehead atoms. The summed E-state index contributed by atoms with van der Waals surface area (Å²) in [5, 5.41) is 8.72. The van der Waals surface area contributed by atoms with Gasteiger partial charge in [-0.1, -0.05) is 6.07 Å². The molecule has 68 valence electrons. The van der Waals surface area contributed by atoms with Gasteiger partial charge in [0.25, 0.3) is 0 Å². The van der Waals surface area contributed by atoms with Gasteiger partial charge in [-0.3, -0.25) is 0 Å². The van der Waals surface area contributed by atoms with Gasteiger partial charge in [-0.25, -0.2) is 9.37 Å². The van der Waals surface area contributed by atoms with Crippen molar-refractivity contribution in [3.05, 3.63) is 30.3 Å².